The van der Waals surface area contributed by atoms with Crippen LogP contribution in [0, 0.1) is 23.7 Å². The summed E-state index contributed by atoms with van der Waals surface area (Å²) in [6.45, 7) is 15.0. The Hall–Kier alpha value is -0.240. The number of ether oxygens (including phenoxy) is 2. The first kappa shape index (κ1) is 30.8. The van der Waals surface area contributed by atoms with Crippen molar-refractivity contribution in [2.24, 2.45) is 23.7 Å². The van der Waals surface area contributed by atoms with Crippen LogP contribution in [0.25, 0.3) is 0 Å². The molecule has 6 heteroatoms. The molecule has 0 aromatic heterocycles. The largest absolute Gasteiger partial charge is 0.394 e. The molecule has 2 aliphatic carbocycles. The Morgan fingerprint density at radius 3 is 1.55 bits per heavy atom. The summed E-state index contributed by atoms with van der Waals surface area (Å²) < 4.78 is 11.6. The summed E-state index contributed by atoms with van der Waals surface area (Å²) in [7, 11) is 0. The molecule has 2 atom stereocenters. The third-order valence-electron chi connectivity index (χ3n) is 7.97. The molecule has 0 spiro atoms. The molecular weight excluding hydrogens is 420 g/mol. The summed E-state index contributed by atoms with van der Waals surface area (Å²) in [6.07, 6.45) is 8.33. The standard InChI is InChI=1S/C14H28O3.C13H26O3/c1-11(2)12-5-7-14(4,8-6-12)17-10-13(3,16)9-15;1-10(2)11-4-6-13(3,7-5-11)16-9-12(15)8-14/h11-12,15-16H,5-10H2,1-4H3;10-12,14-15H,4-9H2,1-3H3. The van der Waals surface area contributed by atoms with Crippen molar-refractivity contribution in [3.63, 3.8) is 0 Å². The van der Waals surface area contributed by atoms with E-state index >= 15 is 0 Å². The highest BCUT2D eigenvalue weighted by Crippen LogP contribution is 2.39. The maximum absolute atomic E-state index is 9.73. The van der Waals surface area contributed by atoms with E-state index in [9.17, 15) is 10.2 Å². The highest BCUT2D eigenvalue weighted by Gasteiger charge is 2.35. The molecular formula is C27H54O6. The van der Waals surface area contributed by atoms with E-state index in [1.807, 2.05) is 0 Å². The fourth-order valence-electron chi connectivity index (χ4n) is 4.85. The van der Waals surface area contributed by atoms with Gasteiger partial charge in [0.1, 0.15) is 11.7 Å². The molecule has 4 N–H and O–H groups in total. The van der Waals surface area contributed by atoms with E-state index in [1.54, 1.807) is 6.92 Å². The zero-order valence-electron chi connectivity index (χ0n) is 22.5. The third-order valence-corrected chi connectivity index (χ3v) is 7.97. The summed E-state index contributed by atoms with van der Waals surface area (Å²) in [6, 6.07) is 0. The summed E-state index contributed by atoms with van der Waals surface area (Å²) in [4.78, 5) is 0. The van der Waals surface area contributed by atoms with E-state index in [1.165, 1.54) is 25.7 Å². The first-order chi connectivity index (χ1) is 15.2. The highest BCUT2D eigenvalue weighted by atomic mass is 16.5. The molecule has 0 aliphatic heterocycles. The minimum Gasteiger partial charge on any atom is -0.394 e. The van der Waals surface area contributed by atoms with Gasteiger partial charge < -0.3 is 29.9 Å². The average Bonchev–Trinajstić information content (AvgIpc) is 2.77. The summed E-state index contributed by atoms with van der Waals surface area (Å²) in [5.74, 6) is 3.14. The third kappa shape index (κ3) is 11.4. The molecule has 0 amide bonds. The smallest absolute Gasteiger partial charge is 0.108 e. The van der Waals surface area contributed by atoms with Crippen LogP contribution in [0.3, 0.4) is 0 Å². The van der Waals surface area contributed by atoms with Crippen LogP contribution >= 0.6 is 0 Å². The lowest BCUT2D eigenvalue weighted by molar-refractivity contribution is -0.136. The summed E-state index contributed by atoms with van der Waals surface area (Å²) >= 11 is 0. The Morgan fingerprint density at radius 2 is 1.21 bits per heavy atom. The molecule has 0 aromatic rings. The Morgan fingerprint density at radius 1 is 0.818 bits per heavy atom. The minimum atomic E-state index is -1.11. The monoisotopic (exact) mass is 474 g/mol. The second-order valence-electron chi connectivity index (χ2n) is 12.2. The van der Waals surface area contributed by atoms with Gasteiger partial charge in [-0.3, -0.25) is 0 Å². The Kier molecular flexibility index (Phi) is 12.8. The molecule has 33 heavy (non-hydrogen) atoms. The number of hydrogen-bond donors (Lipinski definition) is 4. The van der Waals surface area contributed by atoms with Crippen molar-refractivity contribution in [2.45, 2.75) is 123 Å². The van der Waals surface area contributed by atoms with Gasteiger partial charge in [-0.2, -0.15) is 0 Å². The molecule has 0 bridgehead atoms. The van der Waals surface area contributed by atoms with Crippen LogP contribution in [-0.4, -0.2) is 69.8 Å². The predicted octanol–water partition coefficient (Wildman–Crippen LogP) is 4.31. The van der Waals surface area contributed by atoms with E-state index < -0.39 is 11.7 Å². The van der Waals surface area contributed by atoms with Crippen molar-refractivity contribution in [2.75, 3.05) is 26.4 Å². The first-order valence-electron chi connectivity index (χ1n) is 13.1. The van der Waals surface area contributed by atoms with Crippen molar-refractivity contribution < 1.29 is 29.9 Å². The fourth-order valence-corrected chi connectivity index (χ4v) is 4.85. The second kappa shape index (κ2) is 13.7. The van der Waals surface area contributed by atoms with Gasteiger partial charge in [0.25, 0.3) is 0 Å². The van der Waals surface area contributed by atoms with Crippen molar-refractivity contribution in [1.29, 1.82) is 0 Å². The van der Waals surface area contributed by atoms with Crippen molar-refractivity contribution in [1.82, 2.24) is 0 Å². The van der Waals surface area contributed by atoms with Crippen LogP contribution in [0.2, 0.25) is 0 Å². The maximum Gasteiger partial charge on any atom is 0.108 e. The Bertz CT molecular complexity index is 517. The van der Waals surface area contributed by atoms with Gasteiger partial charge in [-0.05, 0) is 95.8 Å². The maximum atomic E-state index is 9.73. The molecule has 2 unspecified atom stereocenters. The molecule has 0 heterocycles. The molecule has 2 aliphatic rings. The SMILES string of the molecule is CC(C)C1CCC(C)(OCC(C)(O)CO)CC1.CC(C)C1CCC(C)(OCC(O)CO)CC1. The van der Waals surface area contributed by atoms with Crippen LogP contribution < -0.4 is 0 Å². The molecule has 2 saturated carbocycles. The van der Waals surface area contributed by atoms with Crippen molar-refractivity contribution >= 4 is 0 Å². The molecule has 0 radical (unpaired) electrons. The van der Waals surface area contributed by atoms with Crippen molar-refractivity contribution in [3.05, 3.63) is 0 Å². The topological polar surface area (TPSA) is 99.4 Å². The van der Waals surface area contributed by atoms with Gasteiger partial charge in [-0.25, -0.2) is 0 Å². The average molecular weight is 475 g/mol. The van der Waals surface area contributed by atoms with E-state index in [0.717, 1.165) is 49.4 Å². The molecule has 198 valence electrons. The Labute approximate surface area is 203 Å². The van der Waals surface area contributed by atoms with Crippen molar-refractivity contribution in [3.8, 4) is 0 Å². The van der Waals surface area contributed by atoms with Gasteiger partial charge in [0.05, 0.1) is 37.6 Å². The zero-order chi connectivity index (χ0) is 25.3. The fraction of sp³-hybridized carbons (Fsp3) is 1.00. The quantitative estimate of drug-likeness (QED) is 0.376. The van der Waals surface area contributed by atoms with Crippen LogP contribution in [0.1, 0.15) is 99.8 Å². The highest BCUT2D eigenvalue weighted by molar-refractivity contribution is 4.86. The lowest BCUT2D eigenvalue weighted by Gasteiger charge is -2.40. The van der Waals surface area contributed by atoms with Gasteiger partial charge in [0.2, 0.25) is 0 Å². The first-order valence-corrected chi connectivity index (χ1v) is 13.1. The number of aliphatic hydroxyl groups excluding tert-OH is 3. The van der Waals surface area contributed by atoms with Crippen LogP contribution in [-0.2, 0) is 9.47 Å². The van der Waals surface area contributed by atoms with Gasteiger partial charge in [-0.1, -0.05) is 27.7 Å². The lowest BCUT2D eigenvalue weighted by atomic mass is 9.75. The number of hydrogen-bond acceptors (Lipinski definition) is 6. The normalized spacial score (nSPS) is 33.4. The van der Waals surface area contributed by atoms with E-state index in [2.05, 4.69) is 41.5 Å². The van der Waals surface area contributed by atoms with Gasteiger partial charge >= 0.3 is 0 Å². The molecule has 6 nitrogen and oxygen atoms in total. The lowest BCUT2D eigenvalue weighted by Crippen LogP contribution is -2.42. The second-order valence-corrected chi connectivity index (χ2v) is 12.2. The molecule has 2 rings (SSSR count). The molecule has 2 fully saturated rings. The van der Waals surface area contributed by atoms with Gasteiger partial charge in [-0.15, -0.1) is 0 Å². The van der Waals surface area contributed by atoms with Gasteiger partial charge in [0.15, 0.2) is 0 Å². The molecule has 0 saturated heterocycles. The number of rotatable bonds is 10. The van der Waals surface area contributed by atoms with E-state index in [-0.39, 0.29) is 37.6 Å². The zero-order valence-corrected chi connectivity index (χ0v) is 22.5. The van der Waals surface area contributed by atoms with Crippen LogP contribution in [0.5, 0.6) is 0 Å². The Balaban J connectivity index is 0.000000331. The van der Waals surface area contributed by atoms with Crippen LogP contribution in [0.15, 0.2) is 0 Å². The van der Waals surface area contributed by atoms with Crippen LogP contribution in [0.4, 0.5) is 0 Å². The van der Waals surface area contributed by atoms with E-state index in [4.69, 9.17) is 19.7 Å². The minimum absolute atomic E-state index is 0.0957. The number of aliphatic hydroxyl groups is 4. The summed E-state index contributed by atoms with van der Waals surface area (Å²) in [5, 5.41) is 36.7. The molecule has 0 aromatic carbocycles. The van der Waals surface area contributed by atoms with E-state index in [0.29, 0.717) is 0 Å². The predicted molar refractivity (Wildman–Crippen MR) is 133 cm³/mol. The van der Waals surface area contributed by atoms with Gasteiger partial charge in [0, 0.05) is 0 Å². The summed E-state index contributed by atoms with van der Waals surface area (Å²) in [5.41, 5.74) is -1.33.